The lowest BCUT2D eigenvalue weighted by Crippen LogP contribution is -2.47. The highest BCUT2D eigenvalue weighted by atomic mass is 79.9. The van der Waals surface area contributed by atoms with E-state index in [0.29, 0.717) is 22.2 Å². The summed E-state index contributed by atoms with van der Waals surface area (Å²) in [4.78, 5) is 0.299. The molecule has 1 aromatic rings. The van der Waals surface area contributed by atoms with E-state index in [9.17, 15) is 13.5 Å². The smallest absolute Gasteiger partial charge is 0.244 e. The number of nitrogens with zero attached hydrogens (tertiary/aromatic N) is 1. The first-order valence-electron chi connectivity index (χ1n) is 6.98. The van der Waals surface area contributed by atoms with Crippen LogP contribution >= 0.6 is 31.9 Å². The summed E-state index contributed by atoms with van der Waals surface area (Å²) in [5.41, 5.74) is 0.984. The minimum absolute atomic E-state index is 0.0734. The van der Waals surface area contributed by atoms with E-state index in [0.717, 1.165) is 22.9 Å². The van der Waals surface area contributed by atoms with Crippen molar-refractivity contribution < 1.29 is 13.5 Å². The summed E-state index contributed by atoms with van der Waals surface area (Å²) >= 11 is 6.79. The number of aryl methyl sites for hydroxylation is 1. The Morgan fingerprint density at radius 1 is 1.14 bits per heavy atom. The number of benzene rings is 1. The number of piperidine rings is 1. The Bertz CT molecular complexity index is 663. The minimum atomic E-state index is -3.55. The van der Waals surface area contributed by atoms with E-state index in [2.05, 4.69) is 31.9 Å². The lowest BCUT2D eigenvalue weighted by atomic mass is 10.0. The topological polar surface area (TPSA) is 57.6 Å². The van der Waals surface area contributed by atoms with Gasteiger partial charge in [-0.25, -0.2) is 8.42 Å². The van der Waals surface area contributed by atoms with Crippen molar-refractivity contribution in [3.63, 3.8) is 0 Å². The Morgan fingerprint density at radius 3 is 2.29 bits per heavy atom. The molecule has 1 N–H and O–H groups in total. The minimum Gasteiger partial charge on any atom is -0.393 e. The fraction of sp³-hybridized carbons (Fsp3) is 0.571. The number of aliphatic hydroxyl groups excluding tert-OH is 1. The molecule has 21 heavy (non-hydrogen) atoms. The van der Waals surface area contributed by atoms with E-state index >= 15 is 0 Å². The summed E-state index contributed by atoms with van der Waals surface area (Å²) in [6.07, 6.45) is 2.39. The fourth-order valence-corrected chi connectivity index (χ4v) is 6.97. The van der Waals surface area contributed by atoms with E-state index in [1.54, 1.807) is 10.4 Å². The van der Waals surface area contributed by atoms with Gasteiger partial charge in [0.15, 0.2) is 0 Å². The molecule has 7 heteroatoms. The van der Waals surface area contributed by atoms with Crippen molar-refractivity contribution in [3.05, 3.63) is 26.6 Å². The van der Waals surface area contributed by atoms with Crippen molar-refractivity contribution in [2.24, 2.45) is 0 Å². The quantitative estimate of drug-likeness (QED) is 0.771. The average molecular weight is 439 g/mol. The summed E-state index contributed by atoms with van der Waals surface area (Å²) in [5.74, 6) is 0. The lowest BCUT2D eigenvalue weighted by molar-refractivity contribution is 0.0768. The molecule has 1 aromatic carbocycles. The maximum absolute atomic E-state index is 13.0. The van der Waals surface area contributed by atoms with Crippen molar-refractivity contribution in [1.82, 2.24) is 4.31 Å². The van der Waals surface area contributed by atoms with Gasteiger partial charge < -0.3 is 5.11 Å². The Hall–Kier alpha value is 0.0500. The zero-order chi connectivity index (χ0) is 15.4. The van der Waals surface area contributed by atoms with E-state index in [1.165, 1.54) is 0 Å². The third-order valence-corrected chi connectivity index (χ3v) is 8.23. The molecule has 0 aliphatic carbocycles. The van der Waals surface area contributed by atoms with Crippen LogP contribution in [0.2, 0.25) is 0 Å². The third-order valence-electron chi connectivity index (χ3n) is 4.41. The molecule has 0 radical (unpaired) electrons. The van der Waals surface area contributed by atoms with Crippen LogP contribution < -0.4 is 0 Å². The van der Waals surface area contributed by atoms with Gasteiger partial charge in [-0.15, -0.1) is 0 Å². The van der Waals surface area contributed by atoms with Crippen molar-refractivity contribution in [3.8, 4) is 0 Å². The summed E-state index contributed by atoms with van der Waals surface area (Å²) in [7, 11) is -3.55. The number of sulfonamides is 1. The average Bonchev–Trinajstić information content (AvgIpc) is 2.67. The van der Waals surface area contributed by atoms with Gasteiger partial charge in [-0.1, -0.05) is 15.9 Å². The predicted molar refractivity (Wildman–Crippen MR) is 87.7 cm³/mol. The van der Waals surface area contributed by atoms with E-state index in [4.69, 9.17) is 0 Å². The summed E-state index contributed by atoms with van der Waals surface area (Å²) in [6, 6.07) is 3.34. The zero-order valence-electron chi connectivity index (χ0n) is 11.6. The van der Waals surface area contributed by atoms with Gasteiger partial charge in [0.25, 0.3) is 0 Å². The second kappa shape index (κ2) is 5.60. The Morgan fingerprint density at radius 2 is 1.71 bits per heavy atom. The van der Waals surface area contributed by atoms with Crippen LogP contribution in [0.3, 0.4) is 0 Å². The van der Waals surface area contributed by atoms with Gasteiger partial charge in [0.1, 0.15) is 0 Å². The summed E-state index contributed by atoms with van der Waals surface area (Å²) in [5, 5.41) is 9.84. The fourth-order valence-electron chi connectivity index (χ4n) is 3.44. The molecule has 0 spiro atoms. The molecule has 2 unspecified atom stereocenters. The van der Waals surface area contributed by atoms with Crippen LogP contribution in [-0.4, -0.2) is 36.0 Å². The standard InChI is InChI=1S/C14H17Br2NO3S/c1-8-4-13(16)14(7-12(8)15)21(19,20)17-9-2-3-10(17)6-11(18)5-9/h4,7,9-11,18H,2-3,5-6H2,1H3. The normalized spacial score (nSPS) is 29.8. The highest BCUT2D eigenvalue weighted by Crippen LogP contribution is 2.41. The first-order chi connectivity index (χ1) is 9.80. The molecule has 2 atom stereocenters. The largest absolute Gasteiger partial charge is 0.393 e. The van der Waals surface area contributed by atoms with Crippen molar-refractivity contribution in [1.29, 1.82) is 0 Å². The Balaban J connectivity index is 2.04. The number of aliphatic hydroxyl groups is 1. The number of halogens is 2. The molecule has 4 nitrogen and oxygen atoms in total. The molecule has 0 saturated carbocycles. The molecule has 3 rings (SSSR count). The van der Waals surface area contributed by atoms with Crippen molar-refractivity contribution in [2.75, 3.05) is 0 Å². The first-order valence-corrected chi connectivity index (χ1v) is 10.0. The van der Waals surface area contributed by atoms with Gasteiger partial charge in [-0.05, 0) is 66.2 Å². The number of hydrogen-bond acceptors (Lipinski definition) is 3. The number of rotatable bonds is 2. The number of hydrogen-bond donors (Lipinski definition) is 1. The summed E-state index contributed by atoms with van der Waals surface area (Å²) in [6.45, 7) is 1.92. The van der Waals surface area contributed by atoms with Gasteiger partial charge in [-0.2, -0.15) is 4.31 Å². The van der Waals surface area contributed by atoms with E-state index in [-0.39, 0.29) is 18.2 Å². The molecule has 2 aliphatic rings. The molecule has 2 fully saturated rings. The molecule has 0 amide bonds. The maximum atomic E-state index is 13.0. The third kappa shape index (κ3) is 2.72. The predicted octanol–water partition coefficient (Wildman–Crippen LogP) is 3.20. The van der Waals surface area contributed by atoms with Crippen LogP contribution in [0.4, 0.5) is 0 Å². The van der Waals surface area contributed by atoms with E-state index < -0.39 is 10.0 Å². The Labute approximate surface area is 141 Å². The highest BCUT2D eigenvalue weighted by molar-refractivity contribution is 9.11. The monoisotopic (exact) mass is 437 g/mol. The molecule has 0 aromatic heterocycles. The molecule has 2 saturated heterocycles. The second-order valence-electron chi connectivity index (χ2n) is 5.88. The maximum Gasteiger partial charge on any atom is 0.244 e. The summed E-state index contributed by atoms with van der Waals surface area (Å²) < 4.78 is 29.1. The molecule has 2 bridgehead atoms. The molecule has 2 aliphatic heterocycles. The molecular weight excluding hydrogens is 422 g/mol. The highest BCUT2D eigenvalue weighted by Gasteiger charge is 2.47. The van der Waals surface area contributed by atoms with Gasteiger partial charge in [0, 0.05) is 21.0 Å². The molecule has 116 valence electrons. The SMILES string of the molecule is Cc1cc(Br)c(S(=O)(=O)N2C3CCC2CC(O)C3)cc1Br. The molecular formula is C14H17Br2NO3S. The van der Waals surface area contributed by atoms with Crippen LogP contribution in [0.1, 0.15) is 31.2 Å². The Kier molecular flexibility index (Phi) is 4.25. The van der Waals surface area contributed by atoms with Gasteiger partial charge >= 0.3 is 0 Å². The van der Waals surface area contributed by atoms with Crippen LogP contribution in [0, 0.1) is 6.92 Å². The van der Waals surface area contributed by atoms with Gasteiger partial charge in [-0.3, -0.25) is 0 Å². The number of fused-ring (bicyclic) bond motifs is 2. The van der Waals surface area contributed by atoms with Crippen LogP contribution in [0.25, 0.3) is 0 Å². The van der Waals surface area contributed by atoms with Gasteiger partial charge in [0.05, 0.1) is 11.0 Å². The van der Waals surface area contributed by atoms with Gasteiger partial charge in [0.2, 0.25) is 10.0 Å². The van der Waals surface area contributed by atoms with Crippen molar-refractivity contribution >= 4 is 41.9 Å². The van der Waals surface area contributed by atoms with Crippen LogP contribution in [-0.2, 0) is 10.0 Å². The van der Waals surface area contributed by atoms with E-state index in [1.807, 2.05) is 13.0 Å². The first kappa shape index (κ1) is 15.9. The molecule has 2 heterocycles. The second-order valence-corrected chi connectivity index (χ2v) is 9.40. The van der Waals surface area contributed by atoms with Crippen molar-refractivity contribution in [2.45, 2.75) is 55.7 Å². The lowest BCUT2D eigenvalue weighted by Gasteiger charge is -2.36. The van der Waals surface area contributed by atoms with Crippen LogP contribution in [0.5, 0.6) is 0 Å². The zero-order valence-corrected chi connectivity index (χ0v) is 15.6. The van der Waals surface area contributed by atoms with Crippen LogP contribution in [0.15, 0.2) is 26.0 Å².